The zero-order valence-corrected chi connectivity index (χ0v) is 37.2. The lowest BCUT2D eigenvalue weighted by Gasteiger charge is -2.31. The van der Waals surface area contributed by atoms with Gasteiger partial charge < -0.3 is 4.90 Å². The van der Waals surface area contributed by atoms with Gasteiger partial charge in [0, 0.05) is 22.2 Å². The third kappa shape index (κ3) is 6.16. The van der Waals surface area contributed by atoms with Crippen LogP contribution in [0.4, 0.5) is 17.1 Å². The topological polar surface area (TPSA) is 3.24 Å². The summed E-state index contributed by atoms with van der Waals surface area (Å²) >= 11 is 0. The molecule has 0 aromatic heterocycles. The summed E-state index contributed by atoms with van der Waals surface area (Å²) < 4.78 is 0. The molecule has 12 aromatic rings. The summed E-state index contributed by atoms with van der Waals surface area (Å²) in [5.41, 5.74) is 16.9. The van der Waals surface area contributed by atoms with E-state index in [0.29, 0.717) is 0 Å². The molecule has 0 N–H and O–H groups in total. The molecular formula is C66H45N. The summed E-state index contributed by atoms with van der Waals surface area (Å²) in [6.07, 6.45) is 0. The quantitative estimate of drug-likeness (QED) is 0.144. The molecule has 1 aliphatic carbocycles. The van der Waals surface area contributed by atoms with E-state index in [9.17, 15) is 0 Å². The van der Waals surface area contributed by atoms with Crippen molar-refractivity contribution in [2.45, 2.75) is 12.3 Å². The lowest BCUT2D eigenvalue weighted by molar-refractivity contribution is 0.714. The molecule has 0 radical (unpaired) electrons. The third-order valence-corrected chi connectivity index (χ3v) is 14.5. The Balaban J connectivity index is 1.00. The van der Waals surface area contributed by atoms with Crippen LogP contribution in [-0.4, -0.2) is 0 Å². The summed E-state index contributed by atoms with van der Waals surface area (Å²) in [6, 6.07) is 94.2. The molecule has 13 rings (SSSR count). The van der Waals surface area contributed by atoms with Crippen molar-refractivity contribution in [1.29, 1.82) is 0 Å². The second kappa shape index (κ2) is 15.6. The Morgan fingerprint density at radius 3 is 1.60 bits per heavy atom. The first-order chi connectivity index (χ1) is 33.1. The van der Waals surface area contributed by atoms with Crippen molar-refractivity contribution in [2.24, 2.45) is 0 Å². The number of rotatable bonds is 7. The normalized spacial score (nSPS) is 14.1. The van der Waals surface area contributed by atoms with Gasteiger partial charge in [-0.3, -0.25) is 0 Å². The molecule has 314 valence electrons. The first kappa shape index (κ1) is 38.9. The Hall–Kier alpha value is -8.52. The van der Waals surface area contributed by atoms with Gasteiger partial charge in [-0.1, -0.05) is 218 Å². The van der Waals surface area contributed by atoms with Crippen molar-refractivity contribution in [3.8, 4) is 44.5 Å². The second-order valence-electron chi connectivity index (χ2n) is 18.1. The van der Waals surface area contributed by atoms with Crippen LogP contribution in [0.25, 0.3) is 87.6 Å². The van der Waals surface area contributed by atoms with Crippen molar-refractivity contribution < 1.29 is 0 Å². The maximum Gasteiger partial charge on any atom is 0.0540 e. The SMILES string of the molecule is CC1(c2ccccc2)c2ccccc2-c2ccc(N(c3ccc(-c4ccc5c(c4)c(-c4ccccc4)c(-c4ccccc4)c4ccccc45)cc3)c3cccc4c3ccc3ccccc34)cc21. The van der Waals surface area contributed by atoms with Crippen LogP contribution >= 0.6 is 0 Å². The molecule has 1 atom stereocenters. The fourth-order valence-electron chi connectivity index (χ4n) is 11.3. The first-order valence-electron chi connectivity index (χ1n) is 23.3. The lowest BCUT2D eigenvalue weighted by atomic mass is 9.74. The molecule has 0 saturated heterocycles. The highest BCUT2D eigenvalue weighted by atomic mass is 15.1. The summed E-state index contributed by atoms with van der Waals surface area (Å²) in [5, 5.41) is 9.98. The molecule has 0 heterocycles. The predicted octanol–water partition coefficient (Wildman–Crippen LogP) is 18.1. The van der Waals surface area contributed by atoms with Crippen molar-refractivity contribution in [3.05, 3.63) is 271 Å². The minimum absolute atomic E-state index is 0.325. The number of anilines is 3. The number of fused-ring (bicyclic) bond motifs is 9. The average molecular weight is 852 g/mol. The van der Waals surface area contributed by atoms with E-state index in [0.717, 1.165) is 17.1 Å². The van der Waals surface area contributed by atoms with Gasteiger partial charge in [0.25, 0.3) is 0 Å². The van der Waals surface area contributed by atoms with Gasteiger partial charge in [0.2, 0.25) is 0 Å². The van der Waals surface area contributed by atoms with Gasteiger partial charge in [-0.15, -0.1) is 0 Å². The summed E-state index contributed by atoms with van der Waals surface area (Å²) in [5.74, 6) is 0. The van der Waals surface area contributed by atoms with Crippen LogP contribution in [-0.2, 0) is 5.41 Å². The molecule has 0 amide bonds. The third-order valence-electron chi connectivity index (χ3n) is 14.5. The largest absolute Gasteiger partial charge is 0.310 e. The minimum Gasteiger partial charge on any atom is -0.310 e. The van der Waals surface area contributed by atoms with Crippen LogP contribution in [0.2, 0.25) is 0 Å². The molecule has 67 heavy (non-hydrogen) atoms. The van der Waals surface area contributed by atoms with Crippen molar-refractivity contribution in [3.63, 3.8) is 0 Å². The van der Waals surface area contributed by atoms with E-state index in [1.165, 1.54) is 104 Å². The van der Waals surface area contributed by atoms with Crippen LogP contribution in [0.3, 0.4) is 0 Å². The van der Waals surface area contributed by atoms with E-state index in [4.69, 9.17) is 0 Å². The molecular weight excluding hydrogens is 807 g/mol. The van der Waals surface area contributed by atoms with E-state index in [-0.39, 0.29) is 5.41 Å². The molecule has 0 fully saturated rings. The molecule has 0 bridgehead atoms. The number of nitrogens with zero attached hydrogens (tertiary/aromatic N) is 1. The van der Waals surface area contributed by atoms with Gasteiger partial charge in [0.15, 0.2) is 0 Å². The van der Waals surface area contributed by atoms with E-state index >= 15 is 0 Å². The van der Waals surface area contributed by atoms with E-state index < -0.39 is 0 Å². The van der Waals surface area contributed by atoms with Crippen LogP contribution in [0.5, 0.6) is 0 Å². The van der Waals surface area contributed by atoms with Gasteiger partial charge in [-0.2, -0.15) is 0 Å². The zero-order chi connectivity index (χ0) is 44.5. The highest BCUT2D eigenvalue weighted by Crippen LogP contribution is 2.54. The Bertz CT molecular complexity index is 3850. The molecule has 0 aliphatic heterocycles. The predicted molar refractivity (Wildman–Crippen MR) is 285 cm³/mol. The fraction of sp³-hybridized carbons (Fsp3) is 0.0303. The smallest absolute Gasteiger partial charge is 0.0540 e. The van der Waals surface area contributed by atoms with Gasteiger partial charge >= 0.3 is 0 Å². The van der Waals surface area contributed by atoms with Crippen LogP contribution in [0.15, 0.2) is 255 Å². The molecule has 1 heteroatoms. The average Bonchev–Trinajstić information content (AvgIpc) is 3.66. The van der Waals surface area contributed by atoms with Crippen LogP contribution in [0, 0.1) is 0 Å². The number of hydrogen-bond acceptors (Lipinski definition) is 1. The van der Waals surface area contributed by atoms with E-state index in [1.54, 1.807) is 0 Å². The summed E-state index contributed by atoms with van der Waals surface area (Å²) in [7, 11) is 0. The minimum atomic E-state index is -0.325. The number of benzene rings is 12. The standard InChI is InChI=1S/C66H45N/c1-66(49-23-9-4-10-24-49)61-30-16-15-27-56(61)57-41-38-51(43-62(57)66)67(63-31-17-29-53-52-25-12-11-18-45(52)34-40-58(53)63)50-36-32-44(33-37-50)48-35-39-55-54-26-13-14-28-59(54)64(46-19-5-2-6-20-46)65(60(55)42-48)47-21-7-3-8-22-47/h2-43H,1H3. The van der Waals surface area contributed by atoms with Crippen LogP contribution in [0.1, 0.15) is 23.6 Å². The molecule has 0 spiro atoms. The van der Waals surface area contributed by atoms with Gasteiger partial charge in [0.05, 0.1) is 5.69 Å². The summed E-state index contributed by atoms with van der Waals surface area (Å²) in [4.78, 5) is 2.47. The van der Waals surface area contributed by atoms with Crippen molar-refractivity contribution in [1.82, 2.24) is 0 Å². The molecule has 1 aliphatic rings. The van der Waals surface area contributed by atoms with Gasteiger partial charge in [-0.25, -0.2) is 0 Å². The zero-order valence-electron chi connectivity index (χ0n) is 37.2. The molecule has 1 nitrogen and oxygen atoms in total. The van der Waals surface area contributed by atoms with E-state index in [1.807, 2.05) is 0 Å². The molecule has 1 unspecified atom stereocenters. The molecule has 12 aromatic carbocycles. The maximum absolute atomic E-state index is 2.47. The van der Waals surface area contributed by atoms with Gasteiger partial charge in [0.1, 0.15) is 0 Å². The Morgan fingerprint density at radius 1 is 0.299 bits per heavy atom. The van der Waals surface area contributed by atoms with Crippen molar-refractivity contribution in [2.75, 3.05) is 4.90 Å². The Labute approximate surface area is 391 Å². The Kier molecular flexibility index (Phi) is 9.05. The number of hydrogen-bond donors (Lipinski definition) is 0. The highest BCUT2D eigenvalue weighted by Gasteiger charge is 2.41. The fourth-order valence-corrected chi connectivity index (χ4v) is 11.3. The van der Waals surface area contributed by atoms with Gasteiger partial charge in [-0.05, 0) is 142 Å². The van der Waals surface area contributed by atoms with Crippen molar-refractivity contribution >= 4 is 60.2 Å². The monoisotopic (exact) mass is 851 g/mol. The maximum atomic E-state index is 2.47. The highest BCUT2D eigenvalue weighted by molar-refractivity contribution is 6.22. The molecule has 0 saturated carbocycles. The Morgan fingerprint density at radius 2 is 0.836 bits per heavy atom. The van der Waals surface area contributed by atoms with Crippen LogP contribution < -0.4 is 4.90 Å². The lowest BCUT2D eigenvalue weighted by Crippen LogP contribution is -2.22. The first-order valence-corrected chi connectivity index (χ1v) is 23.3. The van der Waals surface area contributed by atoms with E-state index in [2.05, 4.69) is 267 Å². The second-order valence-corrected chi connectivity index (χ2v) is 18.1. The summed E-state index contributed by atoms with van der Waals surface area (Å²) in [6.45, 7) is 2.40.